The highest BCUT2D eigenvalue weighted by Crippen LogP contribution is 2.30. The quantitative estimate of drug-likeness (QED) is 0.855. The molecule has 3 nitrogen and oxygen atoms in total. The second-order valence-corrected chi connectivity index (χ2v) is 5.31. The molecule has 1 heterocycles. The van der Waals surface area contributed by atoms with Gasteiger partial charge in [-0.15, -0.1) is 0 Å². The highest BCUT2D eigenvalue weighted by molar-refractivity contribution is 5.30. The molecule has 1 aliphatic heterocycles. The summed E-state index contributed by atoms with van der Waals surface area (Å²) in [6.07, 6.45) is 1.62. The van der Waals surface area contributed by atoms with Crippen LogP contribution < -0.4 is 5.73 Å². The number of hydrogen-bond acceptors (Lipinski definition) is 3. The molecule has 1 aromatic rings. The number of benzene rings is 1. The Hall–Kier alpha value is -0.900. The Morgan fingerprint density at radius 3 is 2.72 bits per heavy atom. The zero-order valence-electron chi connectivity index (χ0n) is 11.3. The van der Waals surface area contributed by atoms with Gasteiger partial charge in [0.1, 0.15) is 0 Å². The van der Waals surface area contributed by atoms with E-state index in [4.69, 9.17) is 5.73 Å². The number of rotatable bonds is 4. The maximum Gasteiger partial charge on any atom is 0.0679 e. The highest BCUT2D eigenvalue weighted by Gasteiger charge is 2.31. The summed E-state index contributed by atoms with van der Waals surface area (Å²) in [5.74, 6) is 0. The van der Waals surface area contributed by atoms with Crippen molar-refractivity contribution in [1.29, 1.82) is 0 Å². The van der Waals surface area contributed by atoms with Crippen LogP contribution in [-0.2, 0) is 0 Å². The minimum atomic E-state index is -0.194. The Labute approximate surface area is 110 Å². The van der Waals surface area contributed by atoms with Gasteiger partial charge in [-0.05, 0) is 30.9 Å². The van der Waals surface area contributed by atoms with Crippen molar-refractivity contribution in [1.82, 2.24) is 4.90 Å². The number of likely N-dealkylation sites (tertiary alicyclic amines) is 1. The monoisotopic (exact) mass is 248 g/mol. The molecule has 0 radical (unpaired) electrons. The van der Waals surface area contributed by atoms with Crippen molar-refractivity contribution >= 4 is 0 Å². The summed E-state index contributed by atoms with van der Waals surface area (Å²) in [6, 6.07) is 8.79. The molecule has 0 aliphatic carbocycles. The lowest BCUT2D eigenvalue weighted by atomic mass is 9.93. The first kappa shape index (κ1) is 13.5. The Balaban J connectivity index is 2.28. The fourth-order valence-electron chi connectivity index (χ4n) is 2.86. The van der Waals surface area contributed by atoms with E-state index in [2.05, 4.69) is 43.0 Å². The van der Waals surface area contributed by atoms with Crippen molar-refractivity contribution in [2.45, 2.75) is 44.9 Å². The Morgan fingerprint density at radius 2 is 2.17 bits per heavy atom. The molecule has 0 aromatic heterocycles. The van der Waals surface area contributed by atoms with Crippen molar-refractivity contribution in [3.05, 3.63) is 35.4 Å². The molecule has 1 aromatic carbocycles. The van der Waals surface area contributed by atoms with Gasteiger partial charge in [0.25, 0.3) is 0 Å². The number of nitrogens with two attached hydrogens (primary N) is 1. The molecular formula is C15H24N2O. The van der Waals surface area contributed by atoms with E-state index in [1.807, 2.05) is 0 Å². The molecule has 0 saturated carbocycles. The molecule has 0 amide bonds. The first-order chi connectivity index (χ1) is 8.63. The number of β-amino-alcohol motifs (C(OH)–C–C–N with tert-alkyl or cyclic N) is 1. The van der Waals surface area contributed by atoms with E-state index in [0.29, 0.717) is 0 Å². The SMILES string of the molecule is CCC(N)C(c1ccccc1C)N1CCC(O)C1. The first-order valence-corrected chi connectivity index (χ1v) is 6.86. The van der Waals surface area contributed by atoms with Crippen molar-refractivity contribution in [3.8, 4) is 0 Å². The van der Waals surface area contributed by atoms with E-state index in [1.54, 1.807) is 0 Å². The second kappa shape index (κ2) is 5.83. The van der Waals surface area contributed by atoms with Crippen LogP contribution in [0.4, 0.5) is 0 Å². The van der Waals surface area contributed by atoms with Gasteiger partial charge < -0.3 is 10.8 Å². The van der Waals surface area contributed by atoms with Gasteiger partial charge in [-0.25, -0.2) is 0 Å². The number of hydrogen-bond donors (Lipinski definition) is 2. The first-order valence-electron chi connectivity index (χ1n) is 6.86. The smallest absolute Gasteiger partial charge is 0.0679 e. The minimum absolute atomic E-state index is 0.122. The van der Waals surface area contributed by atoms with Crippen molar-refractivity contribution in [3.63, 3.8) is 0 Å². The van der Waals surface area contributed by atoms with Gasteiger partial charge in [0.05, 0.1) is 12.1 Å². The average molecular weight is 248 g/mol. The van der Waals surface area contributed by atoms with Crippen molar-refractivity contribution < 1.29 is 5.11 Å². The van der Waals surface area contributed by atoms with Gasteiger partial charge in [0.2, 0.25) is 0 Å². The number of aliphatic hydroxyl groups is 1. The summed E-state index contributed by atoms with van der Waals surface area (Å²) in [4.78, 5) is 2.33. The number of nitrogens with zero attached hydrogens (tertiary/aromatic N) is 1. The second-order valence-electron chi connectivity index (χ2n) is 5.31. The van der Waals surface area contributed by atoms with Gasteiger partial charge in [-0.3, -0.25) is 4.90 Å². The molecule has 100 valence electrons. The van der Waals surface area contributed by atoms with Gasteiger partial charge in [0, 0.05) is 19.1 Å². The maximum absolute atomic E-state index is 9.74. The maximum atomic E-state index is 9.74. The fourth-order valence-corrected chi connectivity index (χ4v) is 2.86. The van der Waals surface area contributed by atoms with Crippen LogP contribution >= 0.6 is 0 Å². The van der Waals surface area contributed by atoms with Crippen LogP contribution in [0, 0.1) is 6.92 Å². The zero-order valence-corrected chi connectivity index (χ0v) is 11.3. The van der Waals surface area contributed by atoms with E-state index < -0.39 is 0 Å². The van der Waals surface area contributed by atoms with E-state index in [9.17, 15) is 5.11 Å². The largest absolute Gasteiger partial charge is 0.392 e. The normalized spacial score (nSPS) is 24.1. The van der Waals surface area contributed by atoms with E-state index >= 15 is 0 Å². The van der Waals surface area contributed by atoms with Gasteiger partial charge >= 0.3 is 0 Å². The van der Waals surface area contributed by atoms with Crippen LogP contribution in [0.3, 0.4) is 0 Å². The van der Waals surface area contributed by atoms with Crippen LogP contribution in [0.15, 0.2) is 24.3 Å². The van der Waals surface area contributed by atoms with Crippen LogP contribution in [-0.4, -0.2) is 35.2 Å². The molecule has 1 aliphatic rings. The van der Waals surface area contributed by atoms with E-state index in [1.165, 1.54) is 11.1 Å². The Kier molecular flexibility index (Phi) is 4.38. The predicted octanol–water partition coefficient (Wildman–Crippen LogP) is 1.84. The summed E-state index contributed by atoms with van der Waals surface area (Å²) >= 11 is 0. The van der Waals surface area contributed by atoms with Gasteiger partial charge in [-0.1, -0.05) is 31.2 Å². The zero-order chi connectivity index (χ0) is 13.1. The minimum Gasteiger partial charge on any atom is -0.392 e. The third-order valence-corrected chi connectivity index (χ3v) is 3.97. The molecule has 2 rings (SSSR count). The Bertz CT molecular complexity index is 394. The summed E-state index contributed by atoms with van der Waals surface area (Å²) in [6.45, 7) is 5.94. The summed E-state index contributed by atoms with van der Waals surface area (Å²) < 4.78 is 0. The van der Waals surface area contributed by atoms with Crippen LogP contribution in [0.25, 0.3) is 0 Å². The molecule has 1 fully saturated rings. The Morgan fingerprint density at radius 1 is 1.44 bits per heavy atom. The predicted molar refractivity (Wildman–Crippen MR) is 74.4 cm³/mol. The third kappa shape index (κ3) is 2.74. The van der Waals surface area contributed by atoms with E-state index in [0.717, 1.165) is 25.9 Å². The summed E-state index contributed by atoms with van der Waals surface area (Å²) in [5, 5.41) is 9.74. The number of aliphatic hydroxyl groups excluding tert-OH is 1. The summed E-state index contributed by atoms with van der Waals surface area (Å²) in [5.41, 5.74) is 8.91. The van der Waals surface area contributed by atoms with Crippen molar-refractivity contribution in [2.24, 2.45) is 5.73 Å². The molecule has 3 N–H and O–H groups in total. The fraction of sp³-hybridized carbons (Fsp3) is 0.600. The van der Waals surface area contributed by atoms with Crippen LogP contribution in [0.5, 0.6) is 0 Å². The standard InChI is InChI=1S/C15H24N2O/c1-3-14(16)15(17-9-8-12(18)10-17)13-7-5-4-6-11(13)2/h4-7,12,14-15,18H,3,8-10,16H2,1-2H3. The molecule has 3 heteroatoms. The lowest BCUT2D eigenvalue weighted by Crippen LogP contribution is -2.40. The van der Waals surface area contributed by atoms with Crippen LogP contribution in [0.1, 0.15) is 36.9 Å². The number of aryl methyl sites for hydroxylation is 1. The highest BCUT2D eigenvalue weighted by atomic mass is 16.3. The van der Waals surface area contributed by atoms with Gasteiger partial charge in [0.15, 0.2) is 0 Å². The van der Waals surface area contributed by atoms with Gasteiger partial charge in [-0.2, -0.15) is 0 Å². The van der Waals surface area contributed by atoms with E-state index in [-0.39, 0.29) is 18.2 Å². The third-order valence-electron chi connectivity index (χ3n) is 3.97. The molecule has 0 spiro atoms. The molecule has 0 bridgehead atoms. The summed E-state index contributed by atoms with van der Waals surface area (Å²) in [7, 11) is 0. The molecule has 1 saturated heterocycles. The lowest BCUT2D eigenvalue weighted by Gasteiger charge is -2.33. The lowest BCUT2D eigenvalue weighted by molar-refractivity contribution is 0.148. The topological polar surface area (TPSA) is 49.5 Å². The molecule has 3 unspecified atom stereocenters. The average Bonchev–Trinajstić information content (AvgIpc) is 2.78. The molecule has 18 heavy (non-hydrogen) atoms. The van der Waals surface area contributed by atoms with Crippen molar-refractivity contribution in [2.75, 3.05) is 13.1 Å². The van der Waals surface area contributed by atoms with Crippen LogP contribution in [0.2, 0.25) is 0 Å². The molecular weight excluding hydrogens is 224 g/mol. The molecule has 3 atom stereocenters.